The number of carbonyl (C=O) groups excluding carboxylic acids is 2. The van der Waals surface area contributed by atoms with Gasteiger partial charge in [0.05, 0.1) is 0 Å². The second-order valence-electron chi connectivity index (χ2n) is 5.51. The zero-order valence-electron chi connectivity index (χ0n) is 13.0. The molecule has 0 unspecified atom stereocenters. The molecule has 6 heteroatoms. The molecule has 0 heterocycles. The first-order chi connectivity index (χ1) is 11.4. The summed E-state index contributed by atoms with van der Waals surface area (Å²) in [4.78, 5) is 23.5. The summed E-state index contributed by atoms with van der Waals surface area (Å²) in [5, 5.41) is 14.6. The van der Waals surface area contributed by atoms with E-state index in [0.717, 1.165) is 15.6 Å². The number of hydrogen-bond donors (Lipinski definition) is 1. The Bertz CT molecular complexity index is 746. The third kappa shape index (κ3) is 5.08. The van der Waals surface area contributed by atoms with Gasteiger partial charge in [-0.15, -0.1) is 0 Å². The summed E-state index contributed by atoms with van der Waals surface area (Å²) in [6.45, 7) is 1.79. The molecule has 0 saturated carbocycles. The molecule has 0 aliphatic rings. The highest BCUT2D eigenvalue weighted by molar-refractivity contribution is 9.10. The van der Waals surface area contributed by atoms with Crippen LogP contribution in [0.3, 0.4) is 0 Å². The van der Waals surface area contributed by atoms with Crippen LogP contribution in [0.25, 0.3) is 0 Å². The highest BCUT2D eigenvalue weighted by Crippen LogP contribution is 2.23. The molecule has 4 nitrogen and oxygen atoms in total. The number of carboxylic acids is 1. The van der Waals surface area contributed by atoms with E-state index in [0.29, 0.717) is 10.7 Å². The Labute approximate surface area is 154 Å². The predicted molar refractivity (Wildman–Crippen MR) is 95.8 cm³/mol. The average molecular weight is 410 g/mol. The van der Waals surface area contributed by atoms with E-state index in [1.165, 1.54) is 0 Å². The predicted octanol–water partition coefficient (Wildman–Crippen LogP) is 3.35. The van der Waals surface area contributed by atoms with E-state index in [-0.39, 0.29) is 18.7 Å². The molecule has 126 valence electrons. The largest absolute Gasteiger partial charge is 0.550 e. The number of carboxylic acid groups (broad SMARTS) is 1. The van der Waals surface area contributed by atoms with Crippen molar-refractivity contribution in [2.24, 2.45) is 5.92 Å². The molecule has 1 atom stereocenters. The number of benzene rings is 2. The highest BCUT2D eigenvalue weighted by atomic mass is 79.9. The van der Waals surface area contributed by atoms with Crippen molar-refractivity contribution in [2.45, 2.75) is 19.8 Å². The first-order valence-electron chi connectivity index (χ1n) is 7.37. The molecule has 0 aliphatic carbocycles. The number of rotatable bonds is 6. The van der Waals surface area contributed by atoms with E-state index in [1.807, 2.05) is 24.3 Å². The van der Waals surface area contributed by atoms with Crippen molar-refractivity contribution in [1.29, 1.82) is 0 Å². The third-order valence-corrected chi connectivity index (χ3v) is 4.64. The van der Waals surface area contributed by atoms with Gasteiger partial charge >= 0.3 is 0 Å². The summed E-state index contributed by atoms with van der Waals surface area (Å²) in [5.74, 6) is -2.52. The molecule has 0 spiro atoms. The van der Waals surface area contributed by atoms with Gasteiger partial charge in [-0.1, -0.05) is 45.7 Å². The molecule has 0 aliphatic heterocycles. The molecule has 0 bridgehead atoms. The number of aliphatic carboxylic acids is 1. The summed E-state index contributed by atoms with van der Waals surface area (Å²) in [7, 11) is 0. The number of halogens is 2. The number of anilines is 1. The van der Waals surface area contributed by atoms with Gasteiger partial charge < -0.3 is 15.2 Å². The molecule has 2 rings (SSSR count). The topological polar surface area (TPSA) is 69.2 Å². The normalized spacial score (nSPS) is 11.8. The molecule has 0 aromatic heterocycles. The van der Waals surface area contributed by atoms with E-state index >= 15 is 0 Å². The Morgan fingerprint density at radius 3 is 2.50 bits per heavy atom. The van der Waals surface area contributed by atoms with Crippen LogP contribution in [0.15, 0.2) is 46.9 Å². The minimum atomic E-state index is -1.24. The molecular weight excluding hydrogens is 394 g/mol. The van der Waals surface area contributed by atoms with Crippen LogP contribution in [0.4, 0.5) is 5.69 Å². The fourth-order valence-electron chi connectivity index (χ4n) is 2.31. The molecule has 0 radical (unpaired) electrons. The second-order valence-corrected chi connectivity index (χ2v) is 6.83. The Kier molecular flexibility index (Phi) is 6.40. The molecule has 1 amide bonds. The maximum atomic E-state index is 12.2. The van der Waals surface area contributed by atoms with Gasteiger partial charge in [-0.05, 0) is 48.7 Å². The van der Waals surface area contributed by atoms with Gasteiger partial charge in [0.1, 0.15) is 0 Å². The van der Waals surface area contributed by atoms with Gasteiger partial charge in [0, 0.05) is 33.5 Å². The van der Waals surface area contributed by atoms with Crippen molar-refractivity contribution in [3.05, 3.63) is 63.1 Å². The minimum absolute atomic E-state index is 0.162. The molecular formula is C18H16BrClNO3-. The molecule has 1 N–H and O–H groups in total. The van der Waals surface area contributed by atoms with Crippen molar-refractivity contribution in [3.8, 4) is 0 Å². The van der Waals surface area contributed by atoms with Gasteiger partial charge in [-0.2, -0.15) is 0 Å². The van der Waals surface area contributed by atoms with Crippen LogP contribution >= 0.6 is 27.5 Å². The van der Waals surface area contributed by atoms with E-state index in [9.17, 15) is 14.7 Å². The maximum Gasteiger partial charge on any atom is 0.225 e. The van der Waals surface area contributed by atoms with E-state index in [2.05, 4.69) is 21.2 Å². The van der Waals surface area contributed by atoms with Gasteiger partial charge in [0.15, 0.2) is 0 Å². The Balaban J connectivity index is 2.04. The third-order valence-electron chi connectivity index (χ3n) is 3.70. The number of carbonyl (C=O) groups is 2. The second kappa shape index (κ2) is 8.31. The Morgan fingerprint density at radius 2 is 1.88 bits per heavy atom. The quantitative estimate of drug-likeness (QED) is 0.795. The van der Waals surface area contributed by atoms with Crippen molar-refractivity contribution in [1.82, 2.24) is 0 Å². The molecule has 2 aromatic rings. The van der Waals surface area contributed by atoms with Gasteiger partial charge in [-0.25, -0.2) is 0 Å². The van der Waals surface area contributed by atoms with Crippen molar-refractivity contribution >= 4 is 45.1 Å². The maximum absolute atomic E-state index is 12.2. The zero-order chi connectivity index (χ0) is 17.7. The molecule has 0 fully saturated rings. The lowest BCUT2D eigenvalue weighted by molar-refractivity contribution is -0.311. The van der Waals surface area contributed by atoms with Crippen LogP contribution in [0.2, 0.25) is 5.02 Å². The summed E-state index contributed by atoms with van der Waals surface area (Å²) in [6.07, 6.45) is 0.0713. The lowest BCUT2D eigenvalue weighted by Gasteiger charge is -2.18. The average Bonchev–Trinajstić information content (AvgIpc) is 2.53. The Hall–Kier alpha value is -1.85. The summed E-state index contributed by atoms with van der Waals surface area (Å²) in [5.41, 5.74) is 2.15. The van der Waals surface area contributed by atoms with E-state index < -0.39 is 11.9 Å². The van der Waals surface area contributed by atoms with Crippen LogP contribution < -0.4 is 10.4 Å². The Morgan fingerprint density at radius 1 is 1.21 bits per heavy atom. The van der Waals surface area contributed by atoms with Gasteiger partial charge in [0.2, 0.25) is 5.91 Å². The highest BCUT2D eigenvalue weighted by Gasteiger charge is 2.17. The number of amides is 1. The monoisotopic (exact) mass is 408 g/mol. The van der Waals surface area contributed by atoms with Gasteiger partial charge in [-0.3, -0.25) is 4.79 Å². The van der Waals surface area contributed by atoms with Crippen LogP contribution in [0.1, 0.15) is 17.5 Å². The van der Waals surface area contributed by atoms with E-state index in [4.69, 9.17) is 11.6 Å². The number of hydrogen-bond acceptors (Lipinski definition) is 3. The first-order valence-corrected chi connectivity index (χ1v) is 8.54. The van der Waals surface area contributed by atoms with Gasteiger partial charge in [0.25, 0.3) is 0 Å². The van der Waals surface area contributed by atoms with Crippen molar-refractivity contribution in [2.75, 3.05) is 5.32 Å². The molecule has 2 aromatic carbocycles. The lowest BCUT2D eigenvalue weighted by atomic mass is 9.96. The first kappa shape index (κ1) is 18.5. The smallest absolute Gasteiger partial charge is 0.225 e. The summed E-state index contributed by atoms with van der Waals surface area (Å²) < 4.78 is 0.908. The fourth-order valence-corrected chi connectivity index (χ4v) is 2.75. The van der Waals surface area contributed by atoms with Crippen LogP contribution in [-0.4, -0.2) is 11.9 Å². The van der Waals surface area contributed by atoms with Crippen molar-refractivity contribution < 1.29 is 14.7 Å². The van der Waals surface area contributed by atoms with Crippen molar-refractivity contribution in [3.63, 3.8) is 0 Å². The minimum Gasteiger partial charge on any atom is -0.550 e. The van der Waals surface area contributed by atoms with Crippen LogP contribution in [0, 0.1) is 12.8 Å². The summed E-state index contributed by atoms with van der Waals surface area (Å²) in [6, 6.07) is 12.5. The van der Waals surface area contributed by atoms with Crippen LogP contribution in [-0.2, 0) is 16.0 Å². The fraction of sp³-hybridized carbons (Fsp3) is 0.222. The SMILES string of the molecule is Cc1c(Cl)cccc1NC(=O)C[C@@H](Cc1ccc(Br)cc1)C(=O)[O-]. The van der Waals surface area contributed by atoms with E-state index in [1.54, 1.807) is 25.1 Å². The lowest BCUT2D eigenvalue weighted by Crippen LogP contribution is -2.35. The summed E-state index contributed by atoms with van der Waals surface area (Å²) >= 11 is 9.34. The standard InChI is InChI=1S/C18H17BrClNO3/c1-11-15(20)3-2-4-16(11)21-17(22)10-13(18(23)24)9-12-5-7-14(19)8-6-12/h2-8,13H,9-10H2,1H3,(H,21,22)(H,23,24)/p-1/t13-/m1/s1. The number of nitrogens with one attached hydrogen (secondary N) is 1. The molecule has 0 saturated heterocycles. The molecule has 24 heavy (non-hydrogen) atoms. The zero-order valence-corrected chi connectivity index (χ0v) is 15.4. The van der Waals surface area contributed by atoms with Crippen LogP contribution in [0.5, 0.6) is 0 Å².